The van der Waals surface area contributed by atoms with Gasteiger partial charge in [-0.1, -0.05) is 60.7 Å². The van der Waals surface area contributed by atoms with Crippen molar-refractivity contribution in [2.24, 2.45) is 0 Å². The molecule has 1 N–H and O–H groups in total. The molecule has 0 radical (unpaired) electrons. The van der Waals surface area contributed by atoms with Crippen LogP contribution in [0.4, 0.5) is 5.13 Å². The minimum Gasteiger partial charge on any atom is -0.354 e. The molecule has 3 aromatic rings. The van der Waals surface area contributed by atoms with E-state index in [9.17, 15) is 4.79 Å². The van der Waals surface area contributed by atoms with E-state index in [1.54, 1.807) is 6.20 Å². The Bertz CT molecular complexity index is 711. The molecule has 0 aliphatic rings. The number of thiazole rings is 1. The monoisotopic (exact) mass is 308 g/mol. The molecule has 0 aliphatic carbocycles. The molecule has 3 nitrogen and oxygen atoms in total. The maximum atomic E-state index is 12.5. The number of nitrogens with one attached hydrogen (secondary N) is 1. The Morgan fingerprint density at radius 3 is 2.36 bits per heavy atom. The van der Waals surface area contributed by atoms with Crippen molar-refractivity contribution in [1.82, 2.24) is 4.98 Å². The fourth-order valence-corrected chi connectivity index (χ4v) is 2.89. The van der Waals surface area contributed by atoms with Crippen molar-refractivity contribution in [2.75, 3.05) is 5.32 Å². The van der Waals surface area contributed by atoms with Crippen LogP contribution in [0.25, 0.3) is 0 Å². The molecule has 0 fully saturated rings. The van der Waals surface area contributed by atoms with Crippen LogP contribution in [-0.2, 0) is 0 Å². The third-order valence-electron chi connectivity index (χ3n) is 3.42. The lowest BCUT2D eigenvalue weighted by atomic mass is 9.98. The molecule has 0 bridgehead atoms. The van der Waals surface area contributed by atoms with Gasteiger partial charge < -0.3 is 5.32 Å². The maximum Gasteiger partial charge on any atom is 0.183 e. The first-order valence-electron chi connectivity index (χ1n) is 7.12. The van der Waals surface area contributed by atoms with Crippen LogP contribution in [0.3, 0.4) is 0 Å². The number of hydrogen-bond acceptors (Lipinski definition) is 4. The second kappa shape index (κ2) is 7.00. The van der Waals surface area contributed by atoms with Crippen LogP contribution in [0.15, 0.2) is 72.2 Å². The Morgan fingerprint density at radius 2 is 1.73 bits per heavy atom. The van der Waals surface area contributed by atoms with Crippen LogP contribution in [0, 0.1) is 0 Å². The fraction of sp³-hybridized carbons (Fsp3) is 0.111. The second-order valence-electron chi connectivity index (χ2n) is 4.94. The zero-order chi connectivity index (χ0) is 15.2. The van der Waals surface area contributed by atoms with Gasteiger partial charge in [-0.2, -0.15) is 0 Å². The number of ketones is 1. The number of aromatic nitrogens is 1. The molecule has 22 heavy (non-hydrogen) atoms. The number of Topliss-reactive ketones (excluding diaryl/α,β-unsaturated/α-hetero) is 1. The molecule has 3 rings (SSSR count). The summed E-state index contributed by atoms with van der Waals surface area (Å²) in [5.41, 5.74) is 1.83. The first-order chi connectivity index (χ1) is 10.8. The molecule has 4 heteroatoms. The minimum absolute atomic E-state index is 0.0833. The van der Waals surface area contributed by atoms with E-state index < -0.39 is 0 Å². The summed E-state index contributed by atoms with van der Waals surface area (Å²) in [7, 11) is 0. The van der Waals surface area contributed by atoms with Gasteiger partial charge in [-0.15, -0.1) is 11.3 Å². The van der Waals surface area contributed by atoms with E-state index >= 15 is 0 Å². The second-order valence-corrected chi connectivity index (χ2v) is 5.83. The highest BCUT2D eigenvalue weighted by Gasteiger charge is 2.17. The average molecular weight is 308 g/mol. The van der Waals surface area contributed by atoms with Crippen molar-refractivity contribution >= 4 is 22.3 Å². The maximum absolute atomic E-state index is 12.5. The Labute approximate surface area is 133 Å². The normalized spacial score (nSPS) is 11.8. The standard InChI is InChI=1S/C18H16N2OS/c21-17(15-9-5-2-6-10-15)13-16(14-7-3-1-4-8-14)20-18-19-11-12-22-18/h1-12,16H,13H2,(H,19,20). The zero-order valence-electron chi connectivity index (χ0n) is 12.0. The highest BCUT2D eigenvalue weighted by Crippen LogP contribution is 2.25. The van der Waals surface area contributed by atoms with E-state index in [1.807, 2.05) is 66.0 Å². The molecule has 0 saturated heterocycles. The van der Waals surface area contributed by atoms with Crippen LogP contribution in [0.1, 0.15) is 28.4 Å². The zero-order valence-corrected chi connectivity index (χ0v) is 12.8. The molecule has 0 spiro atoms. The molecule has 2 aromatic carbocycles. The van der Waals surface area contributed by atoms with Crippen LogP contribution < -0.4 is 5.32 Å². The first kappa shape index (κ1) is 14.5. The third-order valence-corrected chi connectivity index (χ3v) is 4.12. The summed E-state index contributed by atoms with van der Waals surface area (Å²) in [4.78, 5) is 16.8. The van der Waals surface area contributed by atoms with Crippen LogP contribution >= 0.6 is 11.3 Å². The predicted molar refractivity (Wildman–Crippen MR) is 90.3 cm³/mol. The minimum atomic E-state index is -0.0833. The summed E-state index contributed by atoms with van der Waals surface area (Å²) in [6, 6.07) is 19.3. The molecule has 1 atom stereocenters. The lowest BCUT2D eigenvalue weighted by Gasteiger charge is -2.18. The van der Waals surface area contributed by atoms with E-state index in [0.29, 0.717) is 6.42 Å². The number of nitrogens with zero attached hydrogens (tertiary/aromatic N) is 1. The fourth-order valence-electron chi connectivity index (χ4n) is 2.31. The van der Waals surface area contributed by atoms with Crippen molar-refractivity contribution in [2.45, 2.75) is 12.5 Å². The van der Waals surface area contributed by atoms with Crippen LogP contribution in [-0.4, -0.2) is 10.8 Å². The van der Waals surface area contributed by atoms with E-state index in [4.69, 9.17) is 0 Å². The smallest absolute Gasteiger partial charge is 0.183 e. The van der Waals surface area contributed by atoms with Gasteiger partial charge in [0.2, 0.25) is 0 Å². The van der Waals surface area contributed by atoms with Gasteiger partial charge in [-0.25, -0.2) is 4.98 Å². The topological polar surface area (TPSA) is 42.0 Å². The van der Waals surface area contributed by atoms with Gasteiger partial charge >= 0.3 is 0 Å². The molecule has 1 aromatic heterocycles. The molecule has 0 amide bonds. The molecule has 1 heterocycles. The summed E-state index contributed by atoms with van der Waals surface area (Å²) in [6.07, 6.45) is 2.15. The quantitative estimate of drug-likeness (QED) is 0.678. The van der Waals surface area contributed by atoms with Crippen molar-refractivity contribution < 1.29 is 4.79 Å². The Hall–Kier alpha value is -2.46. The molecule has 1 unspecified atom stereocenters. The van der Waals surface area contributed by atoms with Crippen molar-refractivity contribution in [3.63, 3.8) is 0 Å². The SMILES string of the molecule is O=C(CC(Nc1nccs1)c1ccccc1)c1ccccc1. The van der Waals surface area contributed by atoms with Gasteiger partial charge in [0, 0.05) is 23.6 Å². The largest absolute Gasteiger partial charge is 0.354 e. The summed E-state index contributed by atoms with van der Waals surface area (Å²) in [6.45, 7) is 0. The molecule has 110 valence electrons. The summed E-state index contributed by atoms with van der Waals surface area (Å²) in [5.74, 6) is 0.124. The lowest BCUT2D eigenvalue weighted by Crippen LogP contribution is -2.15. The lowest BCUT2D eigenvalue weighted by molar-refractivity contribution is 0.0976. The Kier molecular flexibility index (Phi) is 4.61. The third kappa shape index (κ3) is 3.59. The molecule has 0 aliphatic heterocycles. The van der Waals surface area contributed by atoms with E-state index in [2.05, 4.69) is 10.3 Å². The van der Waals surface area contributed by atoms with Crippen molar-refractivity contribution in [1.29, 1.82) is 0 Å². The van der Waals surface area contributed by atoms with Crippen molar-refractivity contribution in [3.05, 3.63) is 83.4 Å². The predicted octanol–water partition coefficient (Wildman–Crippen LogP) is 4.57. The highest BCUT2D eigenvalue weighted by atomic mass is 32.1. The van der Waals surface area contributed by atoms with E-state index in [0.717, 1.165) is 16.3 Å². The number of benzene rings is 2. The van der Waals surface area contributed by atoms with E-state index in [1.165, 1.54) is 11.3 Å². The number of anilines is 1. The van der Waals surface area contributed by atoms with Crippen LogP contribution in [0.5, 0.6) is 0 Å². The van der Waals surface area contributed by atoms with Crippen molar-refractivity contribution in [3.8, 4) is 0 Å². The average Bonchev–Trinajstić information content (AvgIpc) is 3.09. The van der Waals surface area contributed by atoms with Gasteiger partial charge in [0.1, 0.15) is 0 Å². The Balaban J connectivity index is 1.81. The number of hydrogen-bond donors (Lipinski definition) is 1. The molecule has 0 saturated carbocycles. The van der Waals surface area contributed by atoms with Gasteiger partial charge in [-0.3, -0.25) is 4.79 Å². The van der Waals surface area contributed by atoms with Gasteiger partial charge in [0.15, 0.2) is 10.9 Å². The van der Waals surface area contributed by atoms with Gasteiger partial charge in [0.05, 0.1) is 6.04 Å². The molecular formula is C18H16N2OS. The summed E-state index contributed by atoms with van der Waals surface area (Å²) >= 11 is 1.54. The highest BCUT2D eigenvalue weighted by molar-refractivity contribution is 7.13. The van der Waals surface area contributed by atoms with Crippen LogP contribution in [0.2, 0.25) is 0 Å². The number of rotatable bonds is 6. The Morgan fingerprint density at radius 1 is 1.05 bits per heavy atom. The molecular weight excluding hydrogens is 292 g/mol. The van der Waals surface area contributed by atoms with E-state index in [-0.39, 0.29) is 11.8 Å². The first-order valence-corrected chi connectivity index (χ1v) is 8.00. The summed E-state index contributed by atoms with van der Waals surface area (Å²) in [5, 5.41) is 6.11. The number of carbonyl (C=O) groups is 1. The summed E-state index contributed by atoms with van der Waals surface area (Å²) < 4.78 is 0. The number of carbonyl (C=O) groups excluding carboxylic acids is 1. The van der Waals surface area contributed by atoms with Gasteiger partial charge in [0.25, 0.3) is 0 Å². The van der Waals surface area contributed by atoms with Gasteiger partial charge in [-0.05, 0) is 5.56 Å².